The third kappa shape index (κ3) is 2.68. The number of hydrogen-bond acceptors (Lipinski definition) is 2. The van der Waals surface area contributed by atoms with Crippen LogP contribution in [0.25, 0.3) is 0 Å². The smallest absolute Gasteiger partial charge is 0.232 e. The van der Waals surface area contributed by atoms with Crippen LogP contribution in [0.4, 0.5) is 10.1 Å². The monoisotopic (exact) mass is 231 g/mol. The Labute approximate surface area is 89.6 Å². The summed E-state index contributed by atoms with van der Waals surface area (Å²) in [5, 5.41) is 0. The third-order valence-corrected chi connectivity index (χ3v) is 3.45. The van der Waals surface area contributed by atoms with E-state index in [1.165, 1.54) is 25.2 Å². The largest absolute Gasteiger partial charge is 0.273 e. The minimum Gasteiger partial charge on any atom is -0.273 e. The summed E-state index contributed by atoms with van der Waals surface area (Å²) in [4.78, 5) is 0. The van der Waals surface area contributed by atoms with Gasteiger partial charge in [-0.05, 0) is 30.2 Å². The van der Waals surface area contributed by atoms with Gasteiger partial charge in [-0.15, -0.1) is 0 Å². The van der Waals surface area contributed by atoms with Gasteiger partial charge in [-0.3, -0.25) is 4.31 Å². The van der Waals surface area contributed by atoms with E-state index < -0.39 is 10.0 Å². The van der Waals surface area contributed by atoms with E-state index in [9.17, 15) is 12.8 Å². The summed E-state index contributed by atoms with van der Waals surface area (Å²) in [6.45, 7) is 1.86. The van der Waals surface area contributed by atoms with Crippen molar-refractivity contribution in [3.8, 4) is 0 Å². The van der Waals surface area contributed by atoms with Crippen LogP contribution in [0.2, 0.25) is 0 Å². The highest BCUT2D eigenvalue weighted by atomic mass is 32.2. The SMILES string of the molecule is CCc1cc(F)ccc1N(C)S(C)(=O)=O. The number of halogens is 1. The molecule has 0 atom stereocenters. The lowest BCUT2D eigenvalue weighted by Gasteiger charge is -2.19. The lowest BCUT2D eigenvalue weighted by molar-refractivity contribution is 0.599. The number of nitrogens with zero attached hydrogens (tertiary/aromatic N) is 1. The van der Waals surface area contributed by atoms with Crippen molar-refractivity contribution in [2.45, 2.75) is 13.3 Å². The average molecular weight is 231 g/mol. The number of anilines is 1. The van der Waals surface area contributed by atoms with Crippen LogP contribution in [-0.2, 0) is 16.4 Å². The molecular weight excluding hydrogens is 217 g/mol. The van der Waals surface area contributed by atoms with Crippen molar-refractivity contribution in [2.24, 2.45) is 0 Å². The van der Waals surface area contributed by atoms with Gasteiger partial charge in [-0.2, -0.15) is 0 Å². The summed E-state index contributed by atoms with van der Waals surface area (Å²) < 4.78 is 36.7. The molecular formula is C10H14FNO2S. The molecule has 0 aromatic heterocycles. The predicted molar refractivity (Wildman–Crippen MR) is 59.0 cm³/mol. The quantitative estimate of drug-likeness (QED) is 0.795. The van der Waals surface area contributed by atoms with Crippen LogP contribution >= 0.6 is 0 Å². The number of sulfonamides is 1. The lowest BCUT2D eigenvalue weighted by atomic mass is 10.1. The van der Waals surface area contributed by atoms with Gasteiger partial charge < -0.3 is 0 Å². The van der Waals surface area contributed by atoms with Crippen LogP contribution in [-0.4, -0.2) is 21.7 Å². The minimum atomic E-state index is -3.29. The second kappa shape index (κ2) is 4.18. The van der Waals surface area contributed by atoms with E-state index >= 15 is 0 Å². The molecule has 0 radical (unpaired) electrons. The molecule has 5 heteroatoms. The van der Waals surface area contributed by atoms with Crippen molar-refractivity contribution in [1.82, 2.24) is 0 Å². The van der Waals surface area contributed by atoms with Gasteiger partial charge in [0.05, 0.1) is 11.9 Å². The minimum absolute atomic E-state index is 0.350. The normalized spacial score (nSPS) is 11.5. The maximum absolute atomic E-state index is 12.9. The Morgan fingerprint density at radius 2 is 2.00 bits per heavy atom. The number of hydrogen-bond donors (Lipinski definition) is 0. The molecule has 1 rings (SSSR count). The van der Waals surface area contributed by atoms with Gasteiger partial charge in [-0.1, -0.05) is 6.92 Å². The van der Waals surface area contributed by atoms with E-state index in [1.54, 1.807) is 0 Å². The van der Waals surface area contributed by atoms with E-state index in [2.05, 4.69) is 0 Å². The zero-order valence-electron chi connectivity index (χ0n) is 8.99. The third-order valence-electron chi connectivity index (χ3n) is 2.26. The highest BCUT2D eigenvalue weighted by Gasteiger charge is 2.15. The molecule has 0 aliphatic heterocycles. The highest BCUT2D eigenvalue weighted by molar-refractivity contribution is 7.92. The van der Waals surface area contributed by atoms with E-state index in [0.29, 0.717) is 17.7 Å². The summed E-state index contributed by atoms with van der Waals surface area (Å²) in [5.74, 6) is -0.350. The van der Waals surface area contributed by atoms with Crippen molar-refractivity contribution in [2.75, 3.05) is 17.6 Å². The van der Waals surface area contributed by atoms with Gasteiger partial charge in [0.15, 0.2) is 0 Å². The highest BCUT2D eigenvalue weighted by Crippen LogP contribution is 2.22. The van der Waals surface area contributed by atoms with Crippen LogP contribution in [0.3, 0.4) is 0 Å². The fourth-order valence-electron chi connectivity index (χ4n) is 1.32. The van der Waals surface area contributed by atoms with Gasteiger partial charge in [0.2, 0.25) is 10.0 Å². The van der Waals surface area contributed by atoms with Crippen LogP contribution in [0.5, 0.6) is 0 Å². The maximum atomic E-state index is 12.9. The molecule has 0 heterocycles. The van der Waals surface area contributed by atoms with Crippen molar-refractivity contribution >= 4 is 15.7 Å². The van der Waals surface area contributed by atoms with E-state index in [4.69, 9.17) is 0 Å². The second-order valence-electron chi connectivity index (χ2n) is 3.36. The molecule has 84 valence electrons. The van der Waals surface area contributed by atoms with Gasteiger partial charge in [0.1, 0.15) is 5.82 Å². The van der Waals surface area contributed by atoms with Gasteiger partial charge in [0.25, 0.3) is 0 Å². The molecule has 0 aliphatic carbocycles. The van der Waals surface area contributed by atoms with Crippen molar-refractivity contribution in [3.05, 3.63) is 29.6 Å². The molecule has 0 amide bonds. The number of rotatable bonds is 3. The summed E-state index contributed by atoms with van der Waals surface area (Å²) in [7, 11) is -1.83. The standard InChI is InChI=1S/C10H14FNO2S/c1-4-8-7-9(11)5-6-10(8)12(2)15(3,13)14/h5-7H,4H2,1-3H3. The Kier molecular flexibility index (Phi) is 3.34. The topological polar surface area (TPSA) is 37.4 Å². The Hall–Kier alpha value is -1.10. The summed E-state index contributed by atoms with van der Waals surface area (Å²) in [6, 6.07) is 4.10. The Morgan fingerprint density at radius 1 is 1.40 bits per heavy atom. The Balaban J connectivity index is 3.26. The van der Waals surface area contributed by atoms with Crippen molar-refractivity contribution in [1.29, 1.82) is 0 Å². The summed E-state index contributed by atoms with van der Waals surface area (Å²) >= 11 is 0. The summed E-state index contributed by atoms with van der Waals surface area (Å²) in [6.07, 6.45) is 1.71. The van der Waals surface area contributed by atoms with Crippen LogP contribution in [0.15, 0.2) is 18.2 Å². The number of aryl methyl sites for hydroxylation is 1. The fourth-order valence-corrected chi connectivity index (χ4v) is 1.86. The first kappa shape index (κ1) is 12.0. The van der Waals surface area contributed by atoms with E-state index in [-0.39, 0.29) is 5.82 Å². The molecule has 0 aliphatic rings. The van der Waals surface area contributed by atoms with E-state index in [0.717, 1.165) is 10.6 Å². The van der Waals surface area contributed by atoms with Gasteiger partial charge >= 0.3 is 0 Å². The second-order valence-corrected chi connectivity index (χ2v) is 5.37. The van der Waals surface area contributed by atoms with Crippen LogP contribution in [0.1, 0.15) is 12.5 Å². The fraction of sp³-hybridized carbons (Fsp3) is 0.400. The molecule has 0 N–H and O–H groups in total. The van der Waals surface area contributed by atoms with E-state index in [1.807, 2.05) is 6.92 Å². The zero-order valence-corrected chi connectivity index (χ0v) is 9.81. The first-order valence-corrected chi connectivity index (χ1v) is 6.43. The molecule has 0 bridgehead atoms. The molecule has 15 heavy (non-hydrogen) atoms. The lowest BCUT2D eigenvalue weighted by Crippen LogP contribution is -2.25. The maximum Gasteiger partial charge on any atom is 0.232 e. The molecule has 0 fully saturated rings. The molecule has 0 saturated carbocycles. The average Bonchev–Trinajstić information content (AvgIpc) is 2.15. The first-order chi connectivity index (χ1) is 6.86. The molecule has 0 saturated heterocycles. The predicted octanol–water partition coefficient (Wildman–Crippen LogP) is 1.78. The Morgan fingerprint density at radius 3 is 2.47 bits per heavy atom. The van der Waals surface area contributed by atoms with Crippen LogP contribution in [0, 0.1) is 5.82 Å². The van der Waals surface area contributed by atoms with Gasteiger partial charge in [0, 0.05) is 7.05 Å². The Bertz CT molecular complexity index is 456. The molecule has 3 nitrogen and oxygen atoms in total. The zero-order chi connectivity index (χ0) is 11.6. The van der Waals surface area contributed by atoms with Crippen molar-refractivity contribution < 1.29 is 12.8 Å². The molecule has 1 aromatic carbocycles. The summed E-state index contributed by atoms with van der Waals surface area (Å²) in [5.41, 5.74) is 1.21. The van der Waals surface area contributed by atoms with Gasteiger partial charge in [-0.25, -0.2) is 12.8 Å². The van der Waals surface area contributed by atoms with Crippen LogP contribution < -0.4 is 4.31 Å². The number of benzene rings is 1. The van der Waals surface area contributed by atoms with Crippen molar-refractivity contribution in [3.63, 3.8) is 0 Å². The first-order valence-electron chi connectivity index (χ1n) is 4.58. The molecule has 0 unspecified atom stereocenters. The molecule has 0 spiro atoms. The molecule has 1 aromatic rings.